The second-order valence-corrected chi connectivity index (χ2v) is 4.92. The van der Waals surface area contributed by atoms with Crippen molar-refractivity contribution in [3.8, 4) is 11.8 Å². The standard InChI is InChI=1S/C16H22N2O2/c1-13(17-16(20)12-18(2)3)15-9-7-14(8-10-15)6-4-5-11-19/h7-10,13,19H,5,11-12H2,1-3H3,(H,17,20). The maximum Gasteiger partial charge on any atom is 0.234 e. The van der Waals surface area contributed by atoms with Crippen molar-refractivity contribution in [2.75, 3.05) is 27.2 Å². The summed E-state index contributed by atoms with van der Waals surface area (Å²) in [5, 5.41) is 11.6. The number of amides is 1. The fourth-order valence-electron chi connectivity index (χ4n) is 1.73. The molecule has 4 heteroatoms. The van der Waals surface area contributed by atoms with Gasteiger partial charge in [0.25, 0.3) is 0 Å². The Labute approximate surface area is 120 Å². The molecular formula is C16H22N2O2. The molecule has 0 bridgehead atoms. The molecule has 1 aromatic carbocycles. The molecule has 0 aliphatic carbocycles. The largest absolute Gasteiger partial charge is 0.395 e. The van der Waals surface area contributed by atoms with Crippen LogP contribution >= 0.6 is 0 Å². The molecule has 2 N–H and O–H groups in total. The number of aliphatic hydroxyl groups is 1. The van der Waals surface area contributed by atoms with Crippen LogP contribution in [-0.4, -0.2) is 43.2 Å². The summed E-state index contributed by atoms with van der Waals surface area (Å²) < 4.78 is 0. The van der Waals surface area contributed by atoms with Crippen molar-refractivity contribution in [1.29, 1.82) is 0 Å². The molecule has 108 valence electrons. The molecule has 0 aromatic heterocycles. The number of hydrogen-bond acceptors (Lipinski definition) is 3. The number of aliphatic hydroxyl groups excluding tert-OH is 1. The summed E-state index contributed by atoms with van der Waals surface area (Å²) in [5.74, 6) is 5.86. The lowest BCUT2D eigenvalue weighted by molar-refractivity contribution is -0.122. The smallest absolute Gasteiger partial charge is 0.234 e. The van der Waals surface area contributed by atoms with Crippen LogP contribution in [0.1, 0.15) is 30.5 Å². The average Bonchev–Trinajstić information content (AvgIpc) is 2.38. The fourth-order valence-corrected chi connectivity index (χ4v) is 1.73. The van der Waals surface area contributed by atoms with Crippen molar-refractivity contribution in [1.82, 2.24) is 10.2 Å². The minimum absolute atomic E-state index is 0.00862. The lowest BCUT2D eigenvalue weighted by atomic mass is 10.1. The summed E-state index contributed by atoms with van der Waals surface area (Å²) in [5.41, 5.74) is 1.96. The van der Waals surface area contributed by atoms with Gasteiger partial charge in [0.2, 0.25) is 5.91 Å². The van der Waals surface area contributed by atoms with E-state index < -0.39 is 0 Å². The number of hydrogen-bond donors (Lipinski definition) is 2. The predicted octanol–water partition coefficient (Wildman–Crippen LogP) is 1.16. The van der Waals surface area contributed by atoms with Gasteiger partial charge in [-0.2, -0.15) is 0 Å². The van der Waals surface area contributed by atoms with E-state index in [0.717, 1.165) is 11.1 Å². The fraction of sp³-hybridized carbons (Fsp3) is 0.438. The SMILES string of the molecule is CC(NC(=O)CN(C)C)c1ccc(C#CCCO)cc1. The Balaban J connectivity index is 2.60. The molecule has 1 atom stereocenters. The minimum atomic E-state index is -0.0260. The minimum Gasteiger partial charge on any atom is -0.395 e. The maximum atomic E-state index is 11.7. The first-order chi connectivity index (χ1) is 9.52. The second-order valence-electron chi connectivity index (χ2n) is 4.92. The van der Waals surface area contributed by atoms with Crippen LogP contribution < -0.4 is 5.32 Å². The van der Waals surface area contributed by atoms with Gasteiger partial charge in [-0.1, -0.05) is 24.0 Å². The quantitative estimate of drug-likeness (QED) is 0.792. The van der Waals surface area contributed by atoms with Crippen LogP contribution in [0.3, 0.4) is 0 Å². The lowest BCUT2D eigenvalue weighted by Gasteiger charge is -2.16. The topological polar surface area (TPSA) is 52.6 Å². The van der Waals surface area contributed by atoms with E-state index in [1.807, 2.05) is 50.2 Å². The Bertz CT molecular complexity index is 483. The molecule has 0 saturated carbocycles. The van der Waals surface area contributed by atoms with E-state index in [2.05, 4.69) is 17.2 Å². The Kier molecular flexibility index (Phi) is 6.78. The van der Waals surface area contributed by atoms with Gasteiger partial charge >= 0.3 is 0 Å². The first-order valence-electron chi connectivity index (χ1n) is 6.66. The number of nitrogens with one attached hydrogen (secondary N) is 1. The zero-order valence-electron chi connectivity index (χ0n) is 12.3. The molecule has 0 fully saturated rings. The molecule has 0 radical (unpaired) electrons. The van der Waals surface area contributed by atoms with Gasteiger partial charge in [0, 0.05) is 12.0 Å². The Morgan fingerprint density at radius 2 is 2.00 bits per heavy atom. The van der Waals surface area contributed by atoms with E-state index in [1.54, 1.807) is 0 Å². The first kappa shape index (κ1) is 16.2. The van der Waals surface area contributed by atoms with Gasteiger partial charge in [0.05, 0.1) is 19.2 Å². The van der Waals surface area contributed by atoms with Crippen LogP contribution in [0.25, 0.3) is 0 Å². The Hall–Kier alpha value is -1.83. The number of benzene rings is 1. The number of carbonyl (C=O) groups is 1. The van der Waals surface area contributed by atoms with E-state index in [-0.39, 0.29) is 18.6 Å². The van der Waals surface area contributed by atoms with Gasteiger partial charge in [0.15, 0.2) is 0 Å². The van der Waals surface area contributed by atoms with Crippen molar-refractivity contribution in [3.63, 3.8) is 0 Å². The summed E-state index contributed by atoms with van der Waals surface area (Å²) in [7, 11) is 3.73. The molecule has 0 heterocycles. The van der Waals surface area contributed by atoms with Gasteiger partial charge in [0.1, 0.15) is 0 Å². The van der Waals surface area contributed by atoms with Crippen LogP contribution in [-0.2, 0) is 4.79 Å². The summed E-state index contributed by atoms with van der Waals surface area (Å²) in [6, 6.07) is 7.75. The van der Waals surface area contributed by atoms with Crippen LogP contribution in [0, 0.1) is 11.8 Å². The second kappa shape index (κ2) is 8.36. The normalized spacial score (nSPS) is 11.7. The van der Waals surface area contributed by atoms with Crippen LogP contribution in [0.2, 0.25) is 0 Å². The van der Waals surface area contributed by atoms with Gasteiger partial charge in [-0.05, 0) is 38.7 Å². The molecular weight excluding hydrogens is 252 g/mol. The van der Waals surface area contributed by atoms with Crippen LogP contribution in [0.15, 0.2) is 24.3 Å². The van der Waals surface area contributed by atoms with E-state index >= 15 is 0 Å². The van der Waals surface area contributed by atoms with Crippen molar-refractivity contribution >= 4 is 5.91 Å². The highest BCUT2D eigenvalue weighted by Gasteiger charge is 2.09. The van der Waals surface area contributed by atoms with Gasteiger partial charge in [-0.3, -0.25) is 4.79 Å². The molecule has 1 amide bonds. The number of likely N-dealkylation sites (N-methyl/N-ethyl adjacent to an activating group) is 1. The van der Waals surface area contributed by atoms with Gasteiger partial charge in [-0.15, -0.1) is 0 Å². The third-order valence-electron chi connectivity index (χ3n) is 2.72. The molecule has 20 heavy (non-hydrogen) atoms. The Morgan fingerprint density at radius 1 is 1.35 bits per heavy atom. The first-order valence-corrected chi connectivity index (χ1v) is 6.66. The zero-order chi connectivity index (χ0) is 15.0. The summed E-state index contributed by atoms with van der Waals surface area (Å²) in [6.45, 7) is 2.43. The van der Waals surface area contributed by atoms with E-state index in [4.69, 9.17) is 5.11 Å². The monoisotopic (exact) mass is 274 g/mol. The highest BCUT2D eigenvalue weighted by molar-refractivity contribution is 5.78. The van der Waals surface area contributed by atoms with Crippen molar-refractivity contribution in [2.45, 2.75) is 19.4 Å². The van der Waals surface area contributed by atoms with E-state index in [1.165, 1.54) is 0 Å². The number of carbonyl (C=O) groups excluding carboxylic acids is 1. The number of rotatable bonds is 5. The maximum absolute atomic E-state index is 11.7. The highest BCUT2D eigenvalue weighted by atomic mass is 16.2. The molecule has 0 aliphatic heterocycles. The van der Waals surface area contributed by atoms with Crippen molar-refractivity contribution < 1.29 is 9.90 Å². The number of nitrogens with zero attached hydrogens (tertiary/aromatic N) is 1. The molecule has 0 aliphatic rings. The molecule has 1 rings (SSSR count). The van der Waals surface area contributed by atoms with Crippen LogP contribution in [0.4, 0.5) is 0 Å². The average molecular weight is 274 g/mol. The van der Waals surface area contributed by atoms with Gasteiger partial charge in [-0.25, -0.2) is 0 Å². The molecule has 1 unspecified atom stereocenters. The van der Waals surface area contributed by atoms with Crippen molar-refractivity contribution in [3.05, 3.63) is 35.4 Å². The lowest BCUT2D eigenvalue weighted by Crippen LogP contribution is -2.34. The van der Waals surface area contributed by atoms with Crippen LogP contribution in [0.5, 0.6) is 0 Å². The third kappa shape index (κ3) is 5.87. The third-order valence-corrected chi connectivity index (χ3v) is 2.72. The highest BCUT2D eigenvalue weighted by Crippen LogP contribution is 2.12. The molecule has 0 saturated heterocycles. The Morgan fingerprint density at radius 3 is 2.55 bits per heavy atom. The van der Waals surface area contributed by atoms with E-state index in [9.17, 15) is 4.79 Å². The summed E-state index contributed by atoms with van der Waals surface area (Å²) in [4.78, 5) is 13.5. The van der Waals surface area contributed by atoms with Gasteiger partial charge < -0.3 is 15.3 Å². The van der Waals surface area contributed by atoms with Crippen molar-refractivity contribution in [2.24, 2.45) is 0 Å². The zero-order valence-corrected chi connectivity index (χ0v) is 12.3. The summed E-state index contributed by atoms with van der Waals surface area (Å²) in [6.07, 6.45) is 0.485. The molecule has 0 spiro atoms. The predicted molar refractivity (Wildman–Crippen MR) is 80.1 cm³/mol. The van der Waals surface area contributed by atoms with E-state index in [0.29, 0.717) is 13.0 Å². The summed E-state index contributed by atoms with van der Waals surface area (Å²) >= 11 is 0. The molecule has 4 nitrogen and oxygen atoms in total. The molecule has 1 aromatic rings.